The van der Waals surface area contributed by atoms with Gasteiger partial charge in [-0.25, -0.2) is 4.39 Å². The SMILES string of the molecule is O=C(Cn1nnc(-c2ccsc2)n1)N1CCN(c2ccccc2F)CC1. The van der Waals surface area contributed by atoms with Crippen LogP contribution in [0.4, 0.5) is 10.1 Å². The molecule has 4 rings (SSSR count). The van der Waals surface area contributed by atoms with Crippen LogP contribution in [-0.2, 0) is 11.3 Å². The number of aromatic nitrogens is 4. The third-order valence-corrected chi connectivity index (χ3v) is 5.02. The first-order valence-electron chi connectivity index (χ1n) is 8.28. The van der Waals surface area contributed by atoms with E-state index in [1.54, 1.807) is 28.4 Å². The minimum Gasteiger partial charge on any atom is -0.366 e. The van der Waals surface area contributed by atoms with Crippen LogP contribution in [-0.4, -0.2) is 57.2 Å². The molecule has 1 aliphatic rings. The molecular formula is C17H17FN6OS. The van der Waals surface area contributed by atoms with Crippen LogP contribution in [0.1, 0.15) is 0 Å². The van der Waals surface area contributed by atoms with Crippen LogP contribution in [0.5, 0.6) is 0 Å². The minimum absolute atomic E-state index is 0.0524. The average Bonchev–Trinajstić information content (AvgIpc) is 3.34. The Labute approximate surface area is 153 Å². The number of thiophene rings is 1. The maximum Gasteiger partial charge on any atom is 0.246 e. The molecule has 3 aromatic rings. The summed E-state index contributed by atoms with van der Waals surface area (Å²) in [5.74, 6) is 0.218. The molecule has 0 atom stereocenters. The van der Waals surface area contributed by atoms with E-state index in [1.165, 1.54) is 10.9 Å². The van der Waals surface area contributed by atoms with Gasteiger partial charge in [-0.3, -0.25) is 4.79 Å². The lowest BCUT2D eigenvalue weighted by atomic mass is 10.2. The molecule has 26 heavy (non-hydrogen) atoms. The molecule has 3 heterocycles. The fourth-order valence-corrected chi connectivity index (χ4v) is 3.58. The van der Waals surface area contributed by atoms with Crippen molar-refractivity contribution in [3.8, 4) is 11.4 Å². The largest absolute Gasteiger partial charge is 0.366 e. The maximum atomic E-state index is 13.9. The summed E-state index contributed by atoms with van der Waals surface area (Å²) in [6.07, 6.45) is 0. The standard InChI is InChI=1S/C17H17FN6OS/c18-14-3-1-2-4-15(14)22-6-8-23(9-7-22)16(25)11-24-20-17(19-21-24)13-5-10-26-12-13/h1-5,10,12H,6-9,11H2. The lowest BCUT2D eigenvalue weighted by molar-refractivity contribution is -0.132. The second kappa shape index (κ2) is 7.20. The van der Waals surface area contributed by atoms with Crippen molar-refractivity contribution in [3.63, 3.8) is 0 Å². The van der Waals surface area contributed by atoms with Crippen LogP contribution in [0.3, 0.4) is 0 Å². The highest BCUT2D eigenvalue weighted by Crippen LogP contribution is 2.20. The van der Waals surface area contributed by atoms with Crippen LogP contribution in [0, 0.1) is 5.82 Å². The number of hydrogen-bond acceptors (Lipinski definition) is 6. The van der Waals surface area contributed by atoms with Gasteiger partial charge >= 0.3 is 0 Å². The summed E-state index contributed by atoms with van der Waals surface area (Å²) in [6, 6.07) is 8.62. The van der Waals surface area contributed by atoms with Gasteiger partial charge in [0.1, 0.15) is 12.4 Å². The number of halogens is 1. The van der Waals surface area contributed by atoms with E-state index in [1.807, 2.05) is 27.8 Å². The highest BCUT2D eigenvalue weighted by molar-refractivity contribution is 7.08. The van der Waals surface area contributed by atoms with Crippen LogP contribution in [0.15, 0.2) is 41.1 Å². The first-order chi connectivity index (χ1) is 12.7. The van der Waals surface area contributed by atoms with Gasteiger partial charge in [0, 0.05) is 37.1 Å². The highest BCUT2D eigenvalue weighted by atomic mass is 32.1. The van der Waals surface area contributed by atoms with Crippen LogP contribution in [0.2, 0.25) is 0 Å². The third-order valence-electron chi connectivity index (χ3n) is 4.33. The Balaban J connectivity index is 1.35. The van der Waals surface area contributed by atoms with E-state index in [-0.39, 0.29) is 18.3 Å². The number of tetrazole rings is 1. The number of para-hydroxylation sites is 1. The summed E-state index contributed by atoms with van der Waals surface area (Å²) in [5, 5.41) is 16.1. The van der Waals surface area contributed by atoms with Gasteiger partial charge in [-0.1, -0.05) is 12.1 Å². The van der Waals surface area contributed by atoms with Crippen molar-refractivity contribution in [2.45, 2.75) is 6.54 Å². The molecule has 1 aromatic carbocycles. The van der Waals surface area contributed by atoms with Crippen molar-refractivity contribution in [1.82, 2.24) is 25.1 Å². The smallest absolute Gasteiger partial charge is 0.246 e. The fourth-order valence-electron chi connectivity index (χ4n) is 2.94. The zero-order valence-corrected chi connectivity index (χ0v) is 14.8. The van der Waals surface area contributed by atoms with Gasteiger partial charge in [0.25, 0.3) is 0 Å². The quantitative estimate of drug-likeness (QED) is 0.700. The zero-order chi connectivity index (χ0) is 17.9. The average molecular weight is 372 g/mol. The van der Waals surface area contributed by atoms with E-state index in [9.17, 15) is 9.18 Å². The van der Waals surface area contributed by atoms with Crippen molar-refractivity contribution in [2.24, 2.45) is 0 Å². The summed E-state index contributed by atoms with van der Waals surface area (Å²) in [4.78, 5) is 17.5. The lowest BCUT2D eigenvalue weighted by Crippen LogP contribution is -2.50. The van der Waals surface area contributed by atoms with Gasteiger partial charge in [0.05, 0.1) is 5.69 Å². The van der Waals surface area contributed by atoms with E-state index < -0.39 is 0 Å². The molecule has 1 aliphatic heterocycles. The Kier molecular flexibility index (Phi) is 4.61. The molecule has 134 valence electrons. The molecule has 1 fully saturated rings. The van der Waals surface area contributed by atoms with E-state index >= 15 is 0 Å². The maximum absolute atomic E-state index is 13.9. The van der Waals surface area contributed by atoms with E-state index in [2.05, 4.69) is 15.4 Å². The normalized spacial score (nSPS) is 14.7. The molecule has 0 bridgehead atoms. The molecule has 0 spiro atoms. The van der Waals surface area contributed by atoms with Crippen molar-refractivity contribution in [1.29, 1.82) is 0 Å². The topological polar surface area (TPSA) is 67.2 Å². The minimum atomic E-state index is -0.236. The van der Waals surface area contributed by atoms with Crippen molar-refractivity contribution in [3.05, 3.63) is 46.9 Å². The molecule has 0 radical (unpaired) electrons. The van der Waals surface area contributed by atoms with Crippen molar-refractivity contribution in [2.75, 3.05) is 31.1 Å². The number of amides is 1. The van der Waals surface area contributed by atoms with Crippen LogP contribution < -0.4 is 4.90 Å². The highest BCUT2D eigenvalue weighted by Gasteiger charge is 2.23. The number of rotatable bonds is 4. The van der Waals surface area contributed by atoms with Gasteiger partial charge in [0.2, 0.25) is 11.7 Å². The Hall–Kier alpha value is -2.81. The number of nitrogens with zero attached hydrogens (tertiary/aromatic N) is 6. The molecule has 0 unspecified atom stereocenters. The van der Waals surface area contributed by atoms with Crippen molar-refractivity contribution >= 4 is 22.9 Å². The van der Waals surface area contributed by atoms with E-state index in [0.29, 0.717) is 37.7 Å². The predicted molar refractivity (Wildman–Crippen MR) is 96.3 cm³/mol. The summed E-state index contributed by atoms with van der Waals surface area (Å²) in [7, 11) is 0. The Morgan fingerprint density at radius 3 is 2.69 bits per heavy atom. The molecule has 1 saturated heterocycles. The van der Waals surface area contributed by atoms with Gasteiger partial charge < -0.3 is 9.80 Å². The number of piperazine rings is 1. The Morgan fingerprint density at radius 1 is 1.15 bits per heavy atom. The van der Waals surface area contributed by atoms with E-state index in [0.717, 1.165) is 5.56 Å². The molecule has 2 aromatic heterocycles. The second-order valence-electron chi connectivity index (χ2n) is 5.97. The van der Waals surface area contributed by atoms with Gasteiger partial charge in [0.15, 0.2) is 0 Å². The lowest BCUT2D eigenvalue weighted by Gasteiger charge is -2.36. The molecular weight excluding hydrogens is 355 g/mol. The van der Waals surface area contributed by atoms with E-state index in [4.69, 9.17) is 0 Å². The van der Waals surface area contributed by atoms with Crippen LogP contribution in [0.25, 0.3) is 11.4 Å². The van der Waals surface area contributed by atoms with Crippen LogP contribution >= 0.6 is 11.3 Å². The van der Waals surface area contributed by atoms with Gasteiger partial charge in [-0.15, -0.1) is 10.2 Å². The zero-order valence-electron chi connectivity index (χ0n) is 14.0. The number of benzene rings is 1. The summed E-state index contributed by atoms with van der Waals surface area (Å²) >= 11 is 1.56. The number of carbonyl (C=O) groups excluding carboxylic acids is 1. The Bertz CT molecular complexity index is 888. The number of carbonyl (C=O) groups is 1. The molecule has 9 heteroatoms. The summed E-state index contributed by atoms with van der Waals surface area (Å²) in [5.41, 5.74) is 1.48. The molecule has 0 saturated carbocycles. The second-order valence-corrected chi connectivity index (χ2v) is 6.75. The third kappa shape index (κ3) is 3.43. The number of anilines is 1. The predicted octanol–water partition coefficient (Wildman–Crippen LogP) is 1.89. The fraction of sp³-hybridized carbons (Fsp3) is 0.294. The molecule has 7 nitrogen and oxygen atoms in total. The molecule has 0 N–H and O–H groups in total. The first kappa shape index (κ1) is 16.6. The Morgan fingerprint density at radius 2 is 1.96 bits per heavy atom. The monoisotopic (exact) mass is 372 g/mol. The molecule has 1 amide bonds. The van der Waals surface area contributed by atoms with Gasteiger partial charge in [-0.05, 0) is 28.8 Å². The summed E-state index contributed by atoms with van der Waals surface area (Å²) in [6.45, 7) is 2.32. The van der Waals surface area contributed by atoms with Crippen molar-refractivity contribution < 1.29 is 9.18 Å². The summed E-state index contributed by atoms with van der Waals surface area (Å²) < 4.78 is 13.9. The first-order valence-corrected chi connectivity index (χ1v) is 9.22. The molecule has 0 aliphatic carbocycles. The van der Waals surface area contributed by atoms with Gasteiger partial charge in [-0.2, -0.15) is 16.1 Å². The number of hydrogen-bond donors (Lipinski definition) is 0.